The fourth-order valence-corrected chi connectivity index (χ4v) is 4.87. The Labute approximate surface area is 181 Å². The zero-order chi connectivity index (χ0) is 21.4. The van der Waals surface area contributed by atoms with E-state index in [1.807, 2.05) is 35.2 Å². The summed E-state index contributed by atoms with van der Waals surface area (Å²) in [4.78, 5) is 29.1. The Kier molecular flexibility index (Phi) is 4.87. The first kappa shape index (κ1) is 19.6. The van der Waals surface area contributed by atoms with Gasteiger partial charge in [0.2, 0.25) is 5.91 Å². The van der Waals surface area contributed by atoms with E-state index >= 15 is 0 Å². The quantitative estimate of drug-likeness (QED) is 0.733. The number of likely N-dealkylation sites (tertiary alicyclic amines) is 1. The highest BCUT2D eigenvalue weighted by atomic mass is 16.2. The van der Waals surface area contributed by atoms with Crippen LogP contribution in [0.4, 0.5) is 5.69 Å². The van der Waals surface area contributed by atoms with Crippen LogP contribution < -0.4 is 10.6 Å². The standard InChI is InChI=1S/C24H25N5O2/c25-16-28-10-7-24(15-28)14-20-6-5-19(13-21(20)27-23(24)31)17-1-3-18(4-2-17)22(30)29-11-8-26-9-12-29/h1-6,13,26H,7-12,14-15H2,(H,27,31). The molecule has 3 aliphatic heterocycles. The Morgan fingerprint density at radius 3 is 2.48 bits per heavy atom. The number of rotatable bonds is 2. The van der Waals surface area contributed by atoms with Gasteiger partial charge >= 0.3 is 0 Å². The number of amides is 2. The third kappa shape index (κ3) is 3.53. The number of nitrogens with zero attached hydrogens (tertiary/aromatic N) is 3. The summed E-state index contributed by atoms with van der Waals surface area (Å²) in [5.74, 6) is 0.0749. The molecule has 1 spiro atoms. The molecule has 0 aliphatic carbocycles. The maximum Gasteiger partial charge on any atom is 0.253 e. The summed E-state index contributed by atoms with van der Waals surface area (Å²) in [6.07, 6.45) is 3.53. The largest absolute Gasteiger partial charge is 0.336 e. The number of fused-ring (bicyclic) bond motifs is 1. The molecule has 158 valence electrons. The lowest BCUT2D eigenvalue weighted by atomic mass is 9.76. The molecule has 7 nitrogen and oxygen atoms in total. The highest BCUT2D eigenvalue weighted by molar-refractivity contribution is 6.00. The van der Waals surface area contributed by atoms with E-state index in [2.05, 4.69) is 29.0 Å². The van der Waals surface area contributed by atoms with Crippen molar-refractivity contribution in [3.05, 3.63) is 53.6 Å². The fourth-order valence-electron chi connectivity index (χ4n) is 4.87. The molecule has 2 saturated heterocycles. The van der Waals surface area contributed by atoms with E-state index < -0.39 is 5.41 Å². The van der Waals surface area contributed by atoms with Crippen LogP contribution in [0.3, 0.4) is 0 Å². The van der Waals surface area contributed by atoms with E-state index in [-0.39, 0.29) is 11.8 Å². The number of anilines is 1. The van der Waals surface area contributed by atoms with Gasteiger partial charge in [-0.05, 0) is 47.7 Å². The van der Waals surface area contributed by atoms with Crippen molar-refractivity contribution in [2.75, 3.05) is 44.6 Å². The minimum atomic E-state index is -0.504. The van der Waals surface area contributed by atoms with Gasteiger partial charge in [-0.25, -0.2) is 0 Å². The minimum absolute atomic E-state index is 0.00636. The van der Waals surface area contributed by atoms with Gasteiger partial charge in [0, 0.05) is 50.5 Å². The van der Waals surface area contributed by atoms with E-state index in [4.69, 9.17) is 5.26 Å². The number of benzene rings is 2. The molecular formula is C24H25N5O2. The predicted molar refractivity (Wildman–Crippen MR) is 117 cm³/mol. The van der Waals surface area contributed by atoms with Crippen LogP contribution >= 0.6 is 0 Å². The number of piperazine rings is 1. The third-order valence-electron chi connectivity index (χ3n) is 6.73. The second-order valence-electron chi connectivity index (χ2n) is 8.67. The van der Waals surface area contributed by atoms with Gasteiger partial charge in [0.25, 0.3) is 5.91 Å². The second kappa shape index (κ2) is 7.71. The van der Waals surface area contributed by atoms with Crippen molar-refractivity contribution in [2.24, 2.45) is 5.41 Å². The van der Waals surface area contributed by atoms with Crippen molar-refractivity contribution >= 4 is 17.5 Å². The van der Waals surface area contributed by atoms with E-state index in [9.17, 15) is 9.59 Å². The van der Waals surface area contributed by atoms with Crippen molar-refractivity contribution in [3.63, 3.8) is 0 Å². The lowest BCUT2D eigenvalue weighted by Crippen LogP contribution is -2.46. The summed E-state index contributed by atoms with van der Waals surface area (Å²) < 4.78 is 0. The Morgan fingerprint density at radius 2 is 1.77 bits per heavy atom. The first-order chi connectivity index (χ1) is 15.1. The molecule has 0 aromatic heterocycles. The Morgan fingerprint density at radius 1 is 1.03 bits per heavy atom. The molecule has 5 rings (SSSR count). The highest BCUT2D eigenvalue weighted by Gasteiger charge is 2.47. The minimum Gasteiger partial charge on any atom is -0.336 e. The molecule has 1 unspecified atom stereocenters. The first-order valence-electron chi connectivity index (χ1n) is 10.8. The van der Waals surface area contributed by atoms with Crippen LogP contribution in [0.2, 0.25) is 0 Å². The van der Waals surface area contributed by atoms with E-state index in [1.165, 1.54) is 0 Å². The molecule has 2 aromatic carbocycles. The summed E-state index contributed by atoms with van der Waals surface area (Å²) in [5.41, 5.74) is 4.14. The lowest BCUT2D eigenvalue weighted by Gasteiger charge is -2.33. The molecular weight excluding hydrogens is 390 g/mol. The highest BCUT2D eigenvalue weighted by Crippen LogP contribution is 2.41. The molecule has 31 heavy (non-hydrogen) atoms. The van der Waals surface area contributed by atoms with Gasteiger partial charge in [-0.15, -0.1) is 0 Å². The molecule has 7 heteroatoms. The van der Waals surface area contributed by atoms with Crippen molar-refractivity contribution in [3.8, 4) is 17.3 Å². The zero-order valence-electron chi connectivity index (χ0n) is 17.4. The Bertz CT molecular complexity index is 1070. The van der Waals surface area contributed by atoms with Gasteiger partial charge < -0.3 is 20.4 Å². The van der Waals surface area contributed by atoms with Crippen LogP contribution in [-0.4, -0.2) is 60.9 Å². The zero-order valence-corrected chi connectivity index (χ0v) is 17.4. The van der Waals surface area contributed by atoms with Gasteiger partial charge in [0.05, 0.1) is 5.41 Å². The molecule has 3 heterocycles. The van der Waals surface area contributed by atoms with Crippen LogP contribution in [0.25, 0.3) is 11.1 Å². The van der Waals surface area contributed by atoms with E-state index in [1.54, 1.807) is 4.90 Å². The van der Waals surface area contributed by atoms with Crippen LogP contribution in [0, 0.1) is 16.9 Å². The number of nitriles is 1. The van der Waals surface area contributed by atoms with Crippen molar-refractivity contribution < 1.29 is 9.59 Å². The van der Waals surface area contributed by atoms with Gasteiger partial charge in [0.15, 0.2) is 6.19 Å². The summed E-state index contributed by atoms with van der Waals surface area (Å²) in [6.45, 7) is 4.26. The Hall–Kier alpha value is -3.37. The average molecular weight is 415 g/mol. The summed E-state index contributed by atoms with van der Waals surface area (Å²) in [7, 11) is 0. The topological polar surface area (TPSA) is 88.5 Å². The van der Waals surface area contributed by atoms with Crippen LogP contribution in [0.1, 0.15) is 22.3 Å². The SMILES string of the molecule is N#CN1CCC2(Cc3ccc(-c4ccc(C(=O)N5CCNCC5)cc4)cc3NC2=O)C1. The van der Waals surface area contributed by atoms with Crippen molar-refractivity contribution in [1.29, 1.82) is 5.26 Å². The van der Waals surface area contributed by atoms with Gasteiger partial charge in [0.1, 0.15) is 0 Å². The first-order valence-corrected chi connectivity index (χ1v) is 10.8. The normalized spacial score (nSPS) is 22.7. The maximum absolute atomic E-state index is 12.9. The molecule has 1 atom stereocenters. The summed E-state index contributed by atoms with van der Waals surface area (Å²) in [5, 5.41) is 15.5. The average Bonchev–Trinajstić information content (AvgIpc) is 3.24. The van der Waals surface area contributed by atoms with Crippen molar-refractivity contribution in [2.45, 2.75) is 12.8 Å². The summed E-state index contributed by atoms with van der Waals surface area (Å²) in [6, 6.07) is 13.8. The van der Waals surface area contributed by atoms with Crippen LogP contribution in [-0.2, 0) is 11.2 Å². The fraction of sp³-hybridized carbons (Fsp3) is 0.375. The van der Waals surface area contributed by atoms with Crippen molar-refractivity contribution in [1.82, 2.24) is 15.1 Å². The smallest absolute Gasteiger partial charge is 0.253 e. The van der Waals surface area contributed by atoms with Crippen LogP contribution in [0.5, 0.6) is 0 Å². The molecule has 0 bridgehead atoms. The maximum atomic E-state index is 12.9. The third-order valence-corrected chi connectivity index (χ3v) is 6.73. The molecule has 0 saturated carbocycles. The summed E-state index contributed by atoms with van der Waals surface area (Å²) >= 11 is 0. The molecule has 2 aromatic rings. The number of hydrogen-bond donors (Lipinski definition) is 2. The monoisotopic (exact) mass is 415 g/mol. The van der Waals surface area contributed by atoms with Gasteiger partial charge in [-0.2, -0.15) is 5.26 Å². The second-order valence-corrected chi connectivity index (χ2v) is 8.67. The number of carbonyl (C=O) groups is 2. The predicted octanol–water partition coefficient (Wildman–Crippen LogP) is 2.07. The molecule has 3 aliphatic rings. The van der Waals surface area contributed by atoms with Gasteiger partial charge in [-0.3, -0.25) is 9.59 Å². The molecule has 2 amide bonds. The molecule has 2 fully saturated rings. The van der Waals surface area contributed by atoms with E-state index in [0.717, 1.165) is 48.6 Å². The van der Waals surface area contributed by atoms with E-state index in [0.29, 0.717) is 31.5 Å². The molecule has 0 radical (unpaired) electrons. The Balaban J connectivity index is 1.35. The van der Waals surface area contributed by atoms with Gasteiger partial charge in [-0.1, -0.05) is 24.3 Å². The number of hydrogen-bond acceptors (Lipinski definition) is 5. The molecule has 2 N–H and O–H groups in total. The van der Waals surface area contributed by atoms with Crippen LogP contribution in [0.15, 0.2) is 42.5 Å². The lowest BCUT2D eigenvalue weighted by molar-refractivity contribution is -0.125. The number of nitrogens with one attached hydrogen (secondary N) is 2. The number of carbonyl (C=O) groups excluding carboxylic acids is 2.